The van der Waals surface area contributed by atoms with Gasteiger partial charge < -0.3 is 4.57 Å². The van der Waals surface area contributed by atoms with E-state index in [9.17, 15) is 0 Å². The van der Waals surface area contributed by atoms with Crippen molar-refractivity contribution in [3.05, 3.63) is 180 Å². The highest BCUT2D eigenvalue weighted by molar-refractivity contribution is 6.41. The van der Waals surface area contributed by atoms with Crippen LogP contribution in [0, 0.1) is 5.92 Å². The Labute approximate surface area is 243 Å². The second kappa shape index (κ2) is 14.9. The number of hydrogen-bond acceptors (Lipinski definition) is 1. The van der Waals surface area contributed by atoms with Crippen LogP contribution in [0.1, 0.15) is 36.1 Å². The summed E-state index contributed by atoms with van der Waals surface area (Å²) in [5.74, 6) is 2.76. The summed E-state index contributed by atoms with van der Waals surface area (Å²) >= 11 is 0. The van der Waals surface area contributed by atoms with Crippen molar-refractivity contribution in [3.63, 3.8) is 0 Å². The van der Waals surface area contributed by atoms with Gasteiger partial charge >= 0.3 is 0 Å². The average Bonchev–Trinajstić information content (AvgIpc) is 3.56. The van der Waals surface area contributed by atoms with Crippen LogP contribution in [0.5, 0.6) is 0 Å². The fourth-order valence-electron chi connectivity index (χ4n) is 5.39. The van der Waals surface area contributed by atoms with Crippen molar-refractivity contribution in [2.24, 2.45) is 5.92 Å². The summed E-state index contributed by atoms with van der Waals surface area (Å²) in [4.78, 5) is 4.37. The minimum Gasteiger partial charge on any atom is -0.327 e. The van der Waals surface area contributed by atoms with E-state index in [-0.39, 0.29) is 5.16 Å². The third kappa shape index (κ3) is 7.08. The van der Waals surface area contributed by atoms with E-state index in [1.54, 1.807) is 0 Å². The largest absolute Gasteiger partial charge is 0.327 e. The molecular formula is C36H39BN2Si. The van der Waals surface area contributed by atoms with Gasteiger partial charge in [0.15, 0.2) is 0 Å². The number of hydrogen-bond donors (Lipinski definition) is 0. The Morgan fingerprint density at radius 2 is 1.27 bits per heavy atom. The zero-order chi connectivity index (χ0) is 28.0. The zero-order valence-corrected chi connectivity index (χ0v) is 25.3. The SMILES string of the molecule is BC=C(c1ccccc1)c1ccccc1.CC=CC(C)C[SiH2]C(c1ccccc1)(c1ccccc1)n1ccnc1. The molecule has 40 heavy (non-hydrogen) atoms. The Kier molecular flexibility index (Phi) is 10.7. The van der Waals surface area contributed by atoms with Crippen molar-refractivity contribution < 1.29 is 0 Å². The topological polar surface area (TPSA) is 17.8 Å². The van der Waals surface area contributed by atoms with Gasteiger partial charge in [0.2, 0.25) is 0 Å². The Morgan fingerprint density at radius 3 is 1.68 bits per heavy atom. The summed E-state index contributed by atoms with van der Waals surface area (Å²) < 4.78 is 2.33. The van der Waals surface area contributed by atoms with Crippen LogP contribution in [0.3, 0.4) is 0 Å². The van der Waals surface area contributed by atoms with Gasteiger partial charge in [0, 0.05) is 12.4 Å². The molecule has 200 valence electrons. The molecule has 0 saturated carbocycles. The molecule has 1 unspecified atom stereocenters. The van der Waals surface area contributed by atoms with E-state index in [4.69, 9.17) is 0 Å². The number of rotatable bonds is 9. The predicted molar refractivity (Wildman–Crippen MR) is 177 cm³/mol. The fraction of sp³-hybridized carbons (Fsp3) is 0.139. The molecule has 0 N–H and O–H groups in total. The molecule has 1 atom stereocenters. The molecule has 5 aromatic rings. The van der Waals surface area contributed by atoms with Crippen LogP contribution < -0.4 is 0 Å². The number of nitrogens with zero attached hydrogens (tertiary/aromatic N) is 2. The highest BCUT2D eigenvalue weighted by atomic mass is 28.2. The molecule has 0 spiro atoms. The molecule has 0 saturated heterocycles. The smallest absolute Gasteiger partial charge is 0.130 e. The summed E-state index contributed by atoms with van der Waals surface area (Å²) in [6.45, 7) is 4.43. The molecule has 0 amide bonds. The van der Waals surface area contributed by atoms with E-state index in [1.807, 2.05) is 24.7 Å². The van der Waals surface area contributed by atoms with E-state index in [0.29, 0.717) is 5.92 Å². The summed E-state index contributed by atoms with van der Waals surface area (Å²) in [5, 5.41) is -0.102. The highest BCUT2D eigenvalue weighted by Gasteiger charge is 2.35. The lowest BCUT2D eigenvalue weighted by Gasteiger charge is -2.37. The minimum atomic E-state index is -0.543. The van der Waals surface area contributed by atoms with Gasteiger partial charge in [0.25, 0.3) is 0 Å². The molecule has 4 heteroatoms. The maximum atomic E-state index is 4.37. The minimum absolute atomic E-state index is 0.102. The first kappa shape index (κ1) is 28.8. The van der Waals surface area contributed by atoms with Crippen LogP contribution in [0.4, 0.5) is 0 Å². The first-order valence-corrected chi connectivity index (χ1v) is 15.9. The van der Waals surface area contributed by atoms with Crippen LogP contribution in [-0.2, 0) is 5.16 Å². The third-order valence-corrected chi connectivity index (χ3v) is 10.5. The molecule has 0 radical (unpaired) electrons. The van der Waals surface area contributed by atoms with Crippen molar-refractivity contribution in [2.75, 3.05) is 0 Å². The van der Waals surface area contributed by atoms with Crippen LogP contribution in [0.15, 0.2) is 158 Å². The lowest BCUT2D eigenvalue weighted by atomic mass is 9.92. The monoisotopic (exact) mass is 538 g/mol. The van der Waals surface area contributed by atoms with Crippen molar-refractivity contribution in [2.45, 2.75) is 25.1 Å². The van der Waals surface area contributed by atoms with E-state index in [2.05, 4.69) is 165 Å². The third-order valence-electron chi connectivity index (χ3n) is 7.39. The number of aromatic nitrogens is 2. The zero-order valence-electron chi connectivity index (χ0n) is 23.9. The quantitative estimate of drug-likeness (QED) is 0.144. The normalized spacial score (nSPS) is 12.2. The highest BCUT2D eigenvalue weighted by Crippen LogP contribution is 2.35. The van der Waals surface area contributed by atoms with Gasteiger partial charge in [-0.25, -0.2) is 4.98 Å². The molecule has 0 aliphatic heterocycles. The molecule has 0 bridgehead atoms. The Hall–Kier alpha value is -4.15. The van der Waals surface area contributed by atoms with Gasteiger partial charge in [-0.2, -0.15) is 0 Å². The van der Waals surface area contributed by atoms with Crippen molar-refractivity contribution in [3.8, 4) is 0 Å². The van der Waals surface area contributed by atoms with Crippen molar-refractivity contribution in [1.29, 1.82) is 0 Å². The molecule has 1 aromatic heterocycles. The van der Waals surface area contributed by atoms with E-state index in [1.165, 1.54) is 33.9 Å². The summed E-state index contributed by atoms with van der Waals surface area (Å²) in [6, 6.07) is 44.0. The lowest BCUT2D eigenvalue weighted by Crippen LogP contribution is -2.42. The van der Waals surface area contributed by atoms with Crippen LogP contribution in [-0.4, -0.2) is 26.9 Å². The first-order chi connectivity index (χ1) is 19.7. The summed E-state index contributed by atoms with van der Waals surface area (Å²) in [5.41, 5.74) is 6.55. The van der Waals surface area contributed by atoms with E-state index >= 15 is 0 Å². The molecule has 0 aliphatic carbocycles. The Balaban J connectivity index is 0.000000210. The standard InChI is InChI=1S/C22H26N2Si.C14H13B/c1-3-10-19(2)17-25-22(24-16-15-23-18-24,20-11-6-4-7-12-20)21-13-8-5-9-14-21;15-11-14(12-7-3-1-4-8-12)13-9-5-2-6-10-13/h3-16,18-19H,17,25H2,1-2H3;1-11H,15H2. The average molecular weight is 539 g/mol. The van der Waals surface area contributed by atoms with Crippen LogP contribution in [0.2, 0.25) is 6.04 Å². The van der Waals surface area contributed by atoms with E-state index in [0.717, 1.165) is 0 Å². The molecule has 0 fully saturated rings. The Bertz CT molecular complexity index is 1370. The first-order valence-electron chi connectivity index (χ1n) is 14.2. The maximum Gasteiger partial charge on any atom is 0.130 e. The number of benzene rings is 4. The maximum absolute atomic E-state index is 4.37. The van der Waals surface area contributed by atoms with Gasteiger partial charge in [0.05, 0.1) is 21.0 Å². The molecule has 0 aliphatic rings. The second-order valence-corrected chi connectivity index (χ2v) is 12.1. The predicted octanol–water partition coefficient (Wildman–Crippen LogP) is 7.14. The molecular weight excluding hydrogens is 499 g/mol. The fourth-order valence-corrected chi connectivity index (χ4v) is 7.95. The summed E-state index contributed by atoms with van der Waals surface area (Å²) in [7, 11) is 1.54. The van der Waals surface area contributed by atoms with Gasteiger partial charge in [0.1, 0.15) is 7.85 Å². The molecule has 2 nitrogen and oxygen atoms in total. The lowest BCUT2D eigenvalue weighted by molar-refractivity contribution is 0.585. The van der Waals surface area contributed by atoms with Gasteiger partial charge in [-0.1, -0.05) is 146 Å². The van der Waals surface area contributed by atoms with Crippen molar-refractivity contribution in [1.82, 2.24) is 9.55 Å². The second-order valence-electron chi connectivity index (χ2n) is 10.0. The van der Waals surface area contributed by atoms with Gasteiger partial charge in [-0.15, -0.1) is 5.98 Å². The number of allylic oxidation sites excluding steroid dienone is 2. The Morgan fingerprint density at radius 1 is 0.800 bits per heavy atom. The van der Waals surface area contributed by atoms with Gasteiger partial charge in [-0.05, 0) is 40.7 Å². The molecule has 1 heterocycles. The van der Waals surface area contributed by atoms with Crippen molar-refractivity contribution >= 4 is 22.9 Å². The summed E-state index contributed by atoms with van der Waals surface area (Å²) in [6.07, 6.45) is 10.5. The molecule has 4 aromatic carbocycles. The van der Waals surface area contributed by atoms with Crippen LogP contribution >= 0.6 is 0 Å². The van der Waals surface area contributed by atoms with Crippen LogP contribution in [0.25, 0.3) is 5.57 Å². The van der Waals surface area contributed by atoms with Gasteiger partial charge in [-0.3, -0.25) is 0 Å². The molecule has 5 rings (SSSR count). The van der Waals surface area contributed by atoms with E-state index < -0.39 is 9.52 Å². The number of imidazole rings is 1.